The van der Waals surface area contributed by atoms with E-state index in [2.05, 4.69) is 97.5 Å². The molecule has 3 rings (SSSR count). The first kappa shape index (κ1) is 15.4. The summed E-state index contributed by atoms with van der Waals surface area (Å²) in [7, 11) is 0. The van der Waals surface area contributed by atoms with E-state index in [0.29, 0.717) is 5.92 Å². The second-order valence-corrected chi connectivity index (χ2v) is 5.98. The lowest BCUT2D eigenvalue weighted by Crippen LogP contribution is -2.01. The summed E-state index contributed by atoms with van der Waals surface area (Å²) in [6.45, 7) is 0. The highest BCUT2D eigenvalue weighted by molar-refractivity contribution is 5.39. The molecular weight excluding hydrogens is 276 g/mol. The molecular formula is C23H23-. The van der Waals surface area contributed by atoms with Crippen molar-refractivity contribution >= 4 is 0 Å². The zero-order valence-electron chi connectivity index (χ0n) is 13.4. The van der Waals surface area contributed by atoms with Crippen LogP contribution in [-0.2, 0) is 6.42 Å². The van der Waals surface area contributed by atoms with Crippen LogP contribution in [0, 0.1) is 6.42 Å². The fourth-order valence-corrected chi connectivity index (χ4v) is 3.00. The molecule has 2 aromatic carbocycles. The Kier molecular flexibility index (Phi) is 5.53. The molecule has 0 aliphatic heterocycles. The fraction of sp³-hybridized carbons (Fsp3) is 0.174. The standard InChI is InChI=1S/C23H23/c1-4-10-20(11-5-1)16-18-23(22-14-8-3-9-15-22)19-17-21-12-6-2-7-13-21/h1-16,23H,17-19H2/q-1. The van der Waals surface area contributed by atoms with Gasteiger partial charge in [-0.25, -0.2) is 0 Å². The van der Waals surface area contributed by atoms with Crippen LogP contribution in [0.3, 0.4) is 0 Å². The Morgan fingerprint density at radius 1 is 0.870 bits per heavy atom. The van der Waals surface area contributed by atoms with E-state index in [1.165, 1.54) is 23.1 Å². The maximum absolute atomic E-state index is 2.36. The van der Waals surface area contributed by atoms with Gasteiger partial charge in [0.1, 0.15) is 0 Å². The molecule has 0 heteroatoms. The average molecular weight is 299 g/mol. The number of allylic oxidation sites excluding steroid dienone is 6. The largest absolute Gasteiger partial charge is 0.156 e. The average Bonchev–Trinajstić information content (AvgIpc) is 2.64. The molecule has 0 spiro atoms. The van der Waals surface area contributed by atoms with Crippen molar-refractivity contribution in [3.05, 3.63) is 114 Å². The molecule has 0 N–H and O–H groups in total. The predicted octanol–water partition coefficient (Wildman–Crippen LogP) is 6.05. The molecule has 1 aliphatic carbocycles. The first-order valence-electron chi connectivity index (χ1n) is 8.39. The van der Waals surface area contributed by atoms with Gasteiger partial charge in [0.05, 0.1) is 0 Å². The van der Waals surface area contributed by atoms with Gasteiger partial charge in [0.2, 0.25) is 0 Å². The Morgan fingerprint density at radius 2 is 1.61 bits per heavy atom. The maximum Gasteiger partial charge on any atom is -0.0204 e. The summed E-state index contributed by atoms with van der Waals surface area (Å²) in [5.41, 5.74) is 4.18. The van der Waals surface area contributed by atoms with Gasteiger partial charge in [-0.05, 0) is 29.9 Å². The molecule has 0 saturated heterocycles. The Morgan fingerprint density at radius 3 is 2.30 bits per heavy atom. The molecule has 0 amide bonds. The van der Waals surface area contributed by atoms with Crippen molar-refractivity contribution in [1.82, 2.24) is 0 Å². The monoisotopic (exact) mass is 299 g/mol. The van der Waals surface area contributed by atoms with Crippen LogP contribution in [0.5, 0.6) is 0 Å². The zero-order valence-corrected chi connectivity index (χ0v) is 13.4. The van der Waals surface area contributed by atoms with Gasteiger partial charge < -0.3 is 0 Å². The van der Waals surface area contributed by atoms with Crippen molar-refractivity contribution in [2.75, 3.05) is 0 Å². The van der Waals surface area contributed by atoms with E-state index in [0.717, 1.165) is 12.8 Å². The number of hydrogen-bond donors (Lipinski definition) is 0. The van der Waals surface area contributed by atoms with Crippen LogP contribution in [0.1, 0.15) is 29.9 Å². The highest BCUT2D eigenvalue weighted by Gasteiger charge is 2.09. The molecule has 0 aromatic heterocycles. The number of aryl methyl sites for hydroxylation is 1. The first-order chi connectivity index (χ1) is 11.4. The lowest BCUT2D eigenvalue weighted by molar-refractivity contribution is 0.631. The van der Waals surface area contributed by atoms with Gasteiger partial charge in [0.15, 0.2) is 0 Å². The normalized spacial score (nSPS) is 16.3. The molecule has 2 aromatic rings. The molecule has 0 saturated carbocycles. The number of benzene rings is 2. The highest BCUT2D eigenvalue weighted by atomic mass is 14.2. The number of rotatable bonds is 6. The van der Waals surface area contributed by atoms with Gasteiger partial charge >= 0.3 is 0 Å². The predicted molar refractivity (Wildman–Crippen MR) is 99.2 cm³/mol. The van der Waals surface area contributed by atoms with Crippen LogP contribution >= 0.6 is 0 Å². The minimum absolute atomic E-state index is 0.566. The third-order valence-electron chi connectivity index (χ3n) is 4.33. The Bertz CT molecular complexity index is 674. The third-order valence-corrected chi connectivity index (χ3v) is 4.33. The molecule has 0 bridgehead atoms. The zero-order chi connectivity index (χ0) is 15.7. The Hall–Kier alpha value is -2.47. The van der Waals surface area contributed by atoms with Gasteiger partial charge in [-0.2, -0.15) is 11.6 Å². The van der Waals surface area contributed by atoms with Gasteiger partial charge in [-0.1, -0.05) is 67.1 Å². The van der Waals surface area contributed by atoms with E-state index in [1.807, 2.05) is 0 Å². The van der Waals surface area contributed by atoms with E-state index in [-0.39, 0.29) is 0 Å². The molecule has 0 radical (unpaired) electrons. The molecule has 1 aliphatic rings. The summed E-state index contributed by atoms with van der Waals surface area (Å²) >= 11 is 0. The second-order valence-electron chi connectivity index (χ2n) is 5.98. The molecule has 0 nitrogen and oxygen atoms in total. The van der Waals surface area contributed by atoms with Crippen LogP contribution in [-0.4, -0.2) is 0 Å². The smallest absolute Gasteiger partial charge is 0.0204 e. The third kappa shape index (κ3) is 4.75. The molecule has 0 fully saturated rings. The van der Waals surface area contributed by atoms with Crippen LogP contribution in [0.15, 0.2) is 96.6 Å². The molecule has 116 valence electrons. The summed E-state index contributed by atoms with van der Waals surface area (Å²) in [5, 5.41) is 0. The van der Waals surface area contributed by atoms with E-state index < -0.39 is 0 Å². The summed E-state index contributed by atoms with van der Waals surface area (Å²) in [6, 6.07) is 21.7. The van der Waals surface area contributed by atoms with Crippen molar-refractivity contribution in [2.45, 2.75) is 25.2 Å². The van der Waals surface area contributed by atoms with Crippen molar-refractivity contribution in [1.29, 1.82) is 0 Å². The van der Waals surface area contributed by atoms with Crippen LogP contribution in [0.25, 0.3) is 0 Å². The molecule has 1 unspecified atom stereocenters. The summed E-state index contributed by atoms with van der Waals surface area (Å²) in [4.78, 5) is 0. The SMILES string of the molecule is C1=C[CH-]/C(=C\CC(CCc2ccccc2)c2ccccc2)C=C1. The van der Waals surface area contributed by atoms with Crippen molar-refractivity contribution in [3.63, 3.8) is 0 Å². The fourth-order valence-electron chi connectivity index (χ4n) is 3.00. The van der Waals surface area contributed by atoms with Crippen molar-refractivity contribution in [2.24, 2.45) is 0 Å². The summed E-state index contributed by atoms with van der Waals surface area (Å²) in [6.07, 6.45) is 16.4. The van der Waals surface area contributed by atoms with Gasteiger partial charge in [-0.3, -0.25) is 0 Å². The van der Waals surface area contributed by atoms with Crippen molar-refractivity contribution < 1.29 is 0 Å². The van der Waals surface area contributed by atoms with E-state index in [1.54, 1.807) is 0 Å². The quantitative estimate of drug-likeness (QED) is 0.570. The van der Waals surface area contributed by atoms with E-state index >= 15 is 0 Å². The van der Waals surface area contributed by atoms with Crippen LogP contribution in [0.4, 0.5) is 0 Å². The van der Waals surface area contributed by atoms with Crippen LogP contribution < -0.4 is 0 Å². The van der Waals surface area contributed by atoms with Crippen LogP contribution in [0.2, 0.25) is 0 Å². The van der Waals surface area contributed by atoms with E-state index in [9.17, 15) is 0 Å². The first-order valence-corrected chi connectivity index (χ1v) is 8.39. The lowest BCUT2D eigenvalue weighted by Gasteiger charge is -2.19. The minimum Gasteiger partial charge on any atom is -0.156 e. The summed E-state index contributed by atoms with van der Waals surface area (Å²) in [5.74, 6) is 0.566. The van der Waals surface area contributed by atoms with Gasteiger partial charge in [0.25, 0.3) is 0 Å². The topological polar surface area (TPSA) is 0 Å². The second kappa shape index (κ2) is 8.24. The minimum atomic E-state index is 0.566. The molecule has 1 atom stereocenters. The van der Waals surface area contributed by atoms with Crippen molar-refractivity contribution in [3.8, 4) is 0 Å². The molecule has 23 heavy (non-hydrogen) atoms. The highest BCUT2D eigenvalue weighted by Crippen LogP contribution is 2.27. The summed E-state index contributed by atoms with van der Waals surface area (Å²) < 4.78 is 0. The van der Waals surface area contributed by atoms with Gasteiger partial charge in [-0.15, -0.1) is 30.7 Å². The Labute approximate surface area is 139 Å². The lowest BCUT2D eigenvalue weighted by atomic mass is 9.88. The maximum atomic E-state index is 2.36. The van der Waals surface area contributed by atoms with Gasteiger partial charge in [0, 0.05) is 0 Å². The Balaban J connectivity index is 1.69. The molecule has 0 heterocycles. The van der Waals surface area contributed by atoms with E-state index in [4.69, 9.17) is 0 Å². The number of hydrogen-bond acceptors (Lipinski definition) is 0.